The van der Waals surface area contributed by atoms with E-state index in [1.165, 1.54) is 0 Å². The van der Waals surface area contributed by atoms with Gasteiger partial charge in [-0.3, -0.25) is 4.79 Å². The van der Waals surface area contributed by atoms with E-state index in [4.69, 9.17) is 4.74 Å². The Morgan fingerprint density at radius 3 is 2.86 bits per heavy atom. The van der Waals surface area contributed by atoms with Gasteiger partial charge in [-0.2, -0.15) is 0 Å². The fraction of sp³-hybridized carbons (Fsp3) is 0.562. The maximum absolute atomic E-state index is 11.5. The number of methoxy groups -OCH3 is 1. The standard InChI is InChI=1S/C16H21NO4/c1-21-12-4-5-13(18)11(7-12)8-17-15-10-3-2-9(6-10)14(15)16(19)20/h4-5,7,9-10,14-15,17-18H,2-3,6,8H2,1H3,(H,19,20). The molecule has 2 bridgehead atoms. The van der Waals surface area contributed by atoms with Crippen LogP contribution in [0.3, 0.4) is 0 Å². The lowest BCUT2D eigenvalue weighted by Crippen LogP contribution is -2.43. The molecular formula is C16H21NO4. The summed E-state index contributed by atoms with van der Waals surface area (Å²) in [5, 5.41) is 22.7. The molecule has 2 aliphatic carbocycles. The van der Waals surface area contributed by atoms with Crippen LogP contribution in [0.5, 0.6) is 11.5 Å². The summed E-state index contributed by atoms with van der Waals surface area (Å²) in [6, 6.07) is 5.10. The molecule has 2 saturated carbocycles. The van der Waals surface area contributed by atoms with Gasteiger partial charge in [0.15, 0.2) is 0 Å². The van der Waals surface area contributed by atoms with E-state index in [0.717, 1.165) is 24.8 Å². The van der Waals surface area contributed by atoms with Crippen LogP contribution in [0.4, 0.5) is 0 Å². The second-order valence-electron chi connectivity index (χ2n) is 6.10. The Labute approximate surface area is 123 Å². The number of phenols is 1. The number of phenolic OH excluding ortho intramolecular Hbond substituents is 1. The number of carboxylic acids is 1. The second kappa shape index (κ2) is 5.56. The van der Waals surface area contributed by atoms with E-state index in [1.54, 1.807) is 25.3 Å². The molecule has 2 fully saturated rings. The first kappa shape index (κ1) is 14.2. The lowest BCUT2D eigenvalue weighted by atomic mass is 9.84. The number of ether oxygens (including phenoxy) is 1. The van der Waals surface area contributed by atoms with Crippen LogP contribution in [0, 0.1) is 17.8 Å². The predicted octanol–water partition coefficient (Wildman–Crippen LogP) is 1.99. The Balaban J connectivity index is 1.71. The van der Waals surface area contributed by atoms with Crippen LogP contribution >= 0.6 is 0 Å². The average Bonchev–Trinajstić information content (AvgIpc) is 3.07. The van der Waals surface area contributed by atoms with Crippen LogP contribution in [0.1, 0.15) is 24.8 Å². The van der Waals surface area contributed by atoms with Gasteiger partial charge in [-0.15, -0.1) is 0 Å². The maximum Gasteiger partial charge on any atom is 0.308 e. The van der Waals surface area contributed by atoms with E-state index >= 15 is 0 Å². The molecule has 0 radical (unpaired) electrons. The van der Waals surface area contributed by atoms with Crippen LogP contribution < -0.4 is 10.1 Å². The number of aliphatic carboxylic acids is 1. The van der Waals surface area contributed by atoms with Crippen molar-refractivity contribution in [3.8, 4) is 11.5 Å². The van der Waals surface area contributed by atoms with E-state index in [1.807, 2.05) is 0 Å². The minimum atomic E-state index is -0.699. The molecule has 0 spiro atoms. The van der Waals surface area contributed by atoms with Gasteiger partial charge in [0.1, 0.15) is 11.5 Å². The molecule has 0 heterocycles. The summed E-state index contributed by atoms with van der Waals surface area (Å²) in [4.78, 5) is 11.5. The Bertz CT molecular complexity index is 545. The summed E-state index contributed by atoms with van der Waals surface area (Å²) in [6.45, 7) is 0.459. The first-order valence-corrected chi connectivity index (χ1v) is 7.42. The van der Waals surface area contributed by atoms with Crippen LogP contribution in [-0.2, 0) is 11.3 Å². The topological polar surface area (TPSA) is 78.8 Å². The monoisotopic (exact) mass is 291 g/mol. The molecule has 4 atom stereocenters. The predicted molar refractivity (Wildman–Crippen MR) is 77.2 cm³/mol. The fourth-order valence-electron chi connectivity index (χ4n) is 4.00. The maximum atomic E-state index is 11.5. The van der Waals surface area contributed by atoms with E-state index in [-0.39, 0.29) is 17.7 Å². The van der Waals surface area contributed by atoms with Gasteiger partial charge < -0.3 is 20.3 Å². The van der Waals surface area contributed by atoms with Gasteiger partial charge in [0, 0.05) is 18.2 Å². The van der Waals surface area contributed by atoms with Crippen molar-refractivity contribution in [1.29, 1.82) is 0 Å². The molecule has 5 heteroatoms. The number of carbonyl (C=O) groups is 1. The first-order chi connectivity index (χ1) is 10.1. The third-order valence-corrected chi connectivity index (χ3v) is 5.02. The number of carboxylic acid groups (broad SMARTS) is 1. The number of rotatable bonds is 5. The smallest absolute Gasteiger partial charge is 0.308 e. The number of hydrogen-bond donors (Lipinski definition) is 3. The molecule has 114 valence electrons. The van der Waals surface area contributed by atoms with Gasteiger partial charge in [-0.25, -0.2) is 0 Å². The lowest BCUT2D eigenvalue weighted by Gasteiger charge is -2.29. The molecule has 0 aliphatic heterocycles. The van der Waals surface area contributed by atoms with Crippen molar-refractivity contribution in [2.24, 2.45) is 17.8 Å². The lowest BCUT2D eigenvalue weighted by molar-refractivity contribution is -0.144. The Morgan fingerprint density at radius 1 is 1.38 bits per heavy atom. The highest BCUT2D eigenvalue weighted by Crippen LogP contribution is 2.48. The molecule has 5 nitrogen and oxygen atoms in total. The van der Waals surface area contributed by atoms with E-state index in [2.05, 4.69) is 5.32 Å². The summed E-state index contributed by atoms with van der Waals surface area (Å²) < 4.78 is 5.16. The highest BCUT2D eigenvalue weighted by Gasteiger charge is 2.50. The van der Waals surface area contributed by atoms with Crippen molar-refractivity contribution in [3.63, 3.8) is 0 Å². The summed E-state index contributed by atoms with van der Waals surface area (Å²) >= 11 is 0. The van der Waals surface area contributed by atoms with Crippen molar-refractivity contribution in [2.75, 3.05) is 7.11 Å². The highest BCUT2D eigenvalue weighted by molar-refractivity contribution is 5.72. The number of aromatic hydroxyl groups is 1. The van der Waals surface area contributed by atoms with Crippen LogP contribution in [0.15, 0.2) is 18.2 Å². The number of fused-ring (bicyclic) bond motifs is 2. The fourth-order valence-corrected chi connectivity index (χ4v) is 4.00. The SMILES string of the molecule is COc1ccc(O)c(CNC2C3CCC(C3)C2C(=O)O)c1. The third kappa shape index (κ3) is 2.58. The molecule has 0 amide bonds. The van der Waals surface area contributed by atoms with Crippen molar-refractivity contribution in [2.45, 2.75) is 31.8 Å². The van der Waals surface area contributed by atoms with Gasteiger partial charge >= 0.3 is 5.97 Å². The first-order valence-electron chi connectivity index (χ1n) is 7.42. The zero-order chi connectivity index (χ0) is 15.0. The quantitative estimate of drug-likeness (QED) is 0.773. The largest absolute Gasteiger partial charge is 0.508 e. The van der Waals surface area contributed by atoms with E-state index in [9.17, 15) is 15.0 Å². The molecular weight excluding hydrogens is 270 g/mol. The number of benzene rings is 1. The Kier molecular flexibility index (Phi) is 3.76. The highest BCUT2D eigenvalue weighted by atomic mass is 16.5. The third-order valence-electron chi connectivity index (χ3n) is 5.02. The molecule has 1 aromatic carbocycles. The molecule has 0 aromatic heterocycles. The van der Waals surface area contributed by atoms with Crippen molar-refractivity contribution in [3.05, 3.63) is 23.8 Å². The molecule has 2 aliphatic rings. The molecule has 21 heavy (non-hydrogen) atoms. The normalized spacial score (nSPS) is 30.5. The van der Waals surface area contributed by atoms with Crippen molar-refractivity contribution >= 4 is 5.97 Å². The zero-order valence-electron chi connectivity index (χ0n) is 12.1. The number of nitrogens with one attached hydrogen (secondary N) is 1. The summed E-state index contributed by atoms with van der Waals surface area (Å²) in [5.41, 5.74) is 0.737. The molecule has 3 rings (SSSR count). The van der Waals surface area contributed by atoms with Gasteiger partial charge in [0.25, 0.3) is 0 Å². The van der Waals surface area contributed by atoms with Gasteiger partial charge in [-0.05, 0) is 49.3 Å². The summed E-state index contributed by atoms with van der Waals surface area (Å²) in [5.74, 6) is 0.657. The minimum Gasteiger partial charge on any atom is -0.508 e. The van der Waals surface area contributed by atoms with Crippen LogP contribution in [-0.4, -0.2) is 29.3 Å². The van der Waals surface area contributed by atoms with Crippen LogP contribution in [0.2, 0.25) is 0 Å². The van der Waals surface area contributed by atoms with Crippen molar-refractivity contribution in [1.82, 2.24) is 5.32 Å². The average molecular weight is 291 g/mol. The van der Waals surface area contributed by atoms with Gasteiger partial charge in [0.05, 0.1) is 13.0 Å². The van der Waals surface area contributed by atoms with Gasteiger partial charge in [-0.1, -0.05) is 0 Å². The van der Waals surface area contributed by atoms with Gasteiger partial charge in [0.2, 0.25) is 0 Å². The molecule has 1 aromatic rings. The minimum absolute atomic E-state index is 0.00634. The number of hydrogen-bond acceptors (Lipinski definition) is 4. The Morgan fingerprint density at radius 2 is 2.14 bits per heavy atom. The van der Waals surface area contributed by atoms with Crippen LogP contribution in [0.25, 0.3) is 0 Å². The zero-order valence-corrected chi connectivity index (χ0v) is 12.1. The molecule has 3 N–H and O–H groups in total. The van der Waals surface area contributed by atoms with E-state index in [0.29, 0.717) is 24.1 Å². The summed E-state index contributed by atoms with van der Waals surface area (Å²) in [7, 11) is 1.58. The van der Waals surface area contributed by atoms with E-state index < -0.39 is 5.97 Å². The molecule has 4 unspecified atom stereocenters. The molecule has 0 saturated heterocycles. The second-order valence-corrected chi connectivity index (χ2v) is 6.10. The Hall–Kier alpha value is -1.75. The summed E-state index contributed by atoms with van der Waals surface area (Å²) in [6.07, 6.45) is 3.15. The van der Waals surface area contributed by atoms with Crippen molar-refractivity contribution < 1.29 is 19.7 Å².